The van der Waals surface area contributed by atoms with Gasteiger partial charge in [0.15, 0.2) is 0 Å². The SMILES string of the molecule is FC(F)(Cl)c1nc(-c2cccc(-c3cc(Cl)c(S)c(Cl)c3)c2)no1. The first-order valence-electron chi connectivity index (χ1n) is 6.45. The van der Waals surface area contributed by atoms with Crippen LogP contribution < -0.4 is 0 Å². The second kappa shape index (κ2) is 6.52. The Morgan fingerprint density at radius 3 is 2.21 bits per heavy atom. The van der Waals surface area contributed by atoms with Crippen LogP contribution in [0.3, 0.4) is 0 Å². The molecule has 3 aromatic rings. The predicted octanol–water partition coefficient (Wildman–Crippen LogP) is 6.29. The summed E-state index contributed by atoms with van der Waals surface area (Å²) in [5, 5.41) is 0.602. The third-order valence-corrected chi connectivity index (χ3v) is 4.64. The van der Waals surface area contributed by atoms with E-state index in [0.29, 0.717) is 20.5 Å². The second-order valence-corrected chi connectivity index (χ2v) is 6.53. The standard InChI is InChI=1S/C15H7Cl3F2N2OS/c16-10-5-9(6-11(17)12(10)24)7-2-1-3-8(4-7)13-21-14(23-22-13)15(18,19)20/h1-6,24H. The Morgan fingerprint density at radius 2 is 1.62 bits per heavy atom. The van der Waals surface area contributed by atoms with Crippen LogP contribution in [-0.4, -0.2) is 10.1 Å². The molecule has 0 aliphatic rings. The van der Waals surface area contributed by atoms with Gasteiger partial charge < -0.3 is 4.52 Å². The number of nitrogens with zero attached hydrogens (tertiary/aromatic N) is 2. The van der Waals surface area contributed by atoms with Gasteiger partial charge in [0.25, 0.3) is 0 Å². The van der Waals surface area contributed by atoms with Crippen LogP contribution in [0.5, 0.6) is 0 Å². The van der Waals surface area contributed by atoms with E-state index in [1.54, 1.807) is 36.4 Å². The smallest absolute Gasteiger partial charge is 0.331 e. The van der Waals surface area contributed by atoms with Gasteiger partial charge in [0.05, 0.1) is 10.0 Å². The number of hydrogen-bond donors (Lipinski definition) is 1. The Balaban J connectivity index is 2.02. The first-order valence-corrected chi connectivity index (χ1v) is 8.03. The summed E-state index contributed by atoms with van der Waals surface area (Å²) in [6, 6.07) is 10.3. The Bertz CT molecular complexity index is 889. The van der Waals surface area contributed by atoms with Crippen molar-refractivity contribution in [2.45, 2.75) is 10.3 Å². The first-order chi connectivity index (χ1) is 11.3. The number of aromatic nitrogens is 2. The van der Waals surface area contributed by atoms with Crippen molar-refractivity contribution in [2.75, 3.05) is 0 Å². The van der Waals surface area contributed by atoms with Gasteiger partial charge in [0, 0.05) is 10.5 Å². The number of benzene rings is 2. The van der Waals surface area contributed by atoms with E-state index in [-0.39, 0.29) is 5.82 Å². The quantitative estimate of drug-likeness (QED) is 0.410. The fourth-order valence-electron chi connectivity index (χ4n) is 2.03. The summed E-state index contributed by atoms with van der Waals surface area (Å²) in [5.74, 6) is -0.967. The highest BCUT2D eigenvalue weighted by Crippen LogP contribution is 2.36. The molecule has 0 amide bonds. The lowest BCUT2D eigenvalue weighted by Gasteiger charge is -2.07. The van der Waals surface area contributed by atoms with Crippen LogP contribution in [0.25, 0.3) is 22.5 Å². The Hall–Kier alpha value is -1.34. The fraction of sp³-hybridized carbons (Fsp3) is 0.0667. The lowest BCUT2D eigenvalue weighted by Crippen LogP contribution is -2.03. The van der Waals surface area contributed by atoms with Crippen molar-refractivity contribution in [2.24, 2.45) is 0 Å². The lowest BCUT2D eigenvalue weighted by atomic mass is 10.0. The molecule has 1 heterocycles. The van der Waals surface area contributed by atoms with Crippen LogP contribution in [0.15, 0.2) is 45.8 Å². The average Bonchev–Trinajstić information content (AvgIpc) is 3.02. The summed E-state index contributed by atoms with van der Waals surface area (Å²) < 4.78 is 30.5. The van der Waals surface area contributed by atoms with Gasteiger partial charge in [0.2, 0.25) is 5.82 Å². The number of thiol groups is 1. The molecular weight excluding hydrogens is 401 g/mol. The summed E-state index contributed by atoms with van der Waals surface area (Å²) in [6.07, 6.45) is 0. The van der Waals surface area contributed by atoms with Gasteiger partial charge in [-0.3, -0.25) is 0 Å². The van der Waals surface area contributed by atoms with Crippen molar-refractivity contribution in [1.82, 2.24) is 10.1 Å². The molecule has 0 spiro atoms. The van der Waals surface area contributed by atoms with Crippen LogP contribution in [0, 0.1) is 0 Å². The number of halogens is 5. The minimum atomic E-state index is -3.72. The Kier molecular flexibility index (Phi) is 4.75. The first kappa shape index (κ1) is 17.5. The summed E-state index contributed by atoms with van der Waals surface area (Å²) in [7, 11) is 0. The van der Waals surface area contributed by atoms with Gasteiger partial charge in [-0.25, -0.2) is 0 Å². The van der Waals surface area contributed by atoms with Crippen LogP contribution >= 0.6 is 47.4 Å². The lowest BCUT2D eigenvalue weighted by molar-refractivity contribution is 0.0551. The highest BCUT2D eigenvalue weighted by atomic mass is 35.5. The predicted molar refractivity (Wildman–Crippen MR) is 92.2 cm³/mol. The Labute approximate surface area is 155 Å². The summed E-state index contributed by atoms with van der Waals surface area (Å²) in [6.45, 7) is 0. The molecule has 3 nitrogen and oxygen atoms in total. The molecule has 0 N–H and O–H groups in total. The molecule has 0 bridgehead atoms. The van der Waals surface area contributed by atoms with Gasteiger partial charge >= 0.3 is 11.3 Å². The zero-order valence-electron chi connectivity index (χ0n) is 11.6. The highest BCUT2D eigenvalue weighted by Gasteiger charge is 2.35. The van der Waals surface area contributed by atoms with Crippen molar-refractivity contribution in [3.05, 3.63) is 52.3 Å². The van der Waals surface area contributed by atoms with E-state index in [1.807, 2.05) is 0 Å². The largest absolute Gasteiger partial charge is 0.400 e. The maximum atomic E-state index is 13.0. The Morgan fingerprint density at radius 1 is 1.00 bits per heavy atom. The molecule has 0 aliphatic heterocycles. The zero-order chi connectivity index (χ0) is 17.5. The second-order valence-electron chi connectivity index (χ2n) is 4.79. The highest BCUT2D eigenvalue weighted by molar-refractivity contribution is 7.80. The molecule has 2 aromatic carbocycles. The monoisotopic (exact) mass is 406 g/mol. The minimum Gasteiger partial charge on any atom is -0.331 e. The van der Waals surface area contributed by atoms with E-state index < -0.39 is 11.3 Å². The fourth-order valence-corrected chi connectivity index (χ4v) is 2.72. The van der Waals surface area contributed by atoms with Crippen LogP contribution in [0.4, 0.5) is 8.78 Å². The van der Waals surface area contributed by atoms with Crippen molar-refractivity contribution < 1.29 is 13.3 Å². The maximum absolute atomic E-state index is 13.0. The molecule has 0 fully saturated rings. The molecular formula is C15H7Cl3F2N2OS. The van der Waals surface area contributed by atoms with Gasteiger partial charge in [-0.1, -0.05) is 46.6 Å². The molecule has 9 heteroatoms. The van der Waals surface area contributed by atoms with Crippen LogP contribution in [0.2, 0.25) is 10.0 Å². The van der Waals surface area contributed by atoms with Gasteiger partial charge in [-0.05, 0) is 40.9 Å². The third kappa shape index (κ3) is 3.52. The number of hydrogen-bond acceptors (Lipinski definition) is 4. The maximum Gasteiger partial charge on any atom is 0.400 e. The van der Waals surface area contributed by atoms with E-state index in [0.717, 1.165) is 11.1 Å². The number of alkyl halides is 3. The third-order valence-electron chi connectivity index (χ3n) is 3.14. The molecule has 0 aliphatic carbocycles. The van der Waals surface area contributed by atoms with Crippen molar-refractivity contribution in [3.8, 4) is 22.5 Å². The normalized spacial score (nSPS) is 11.8. The number of rotatable bonds is 3. The molecule has 3 rings (SSSR count). The molecule has 24 heavy (non-hydrogen) atoms. The van der Waals surface area contributed by atoms with Crippen molar-refractivity contribution in [1.29, 1.82) is 0 Å². The zero-order valence-corrected chi connectivity index (χ0v) is 14.8. The van der Waals surface area contributed by atoms with E-state index in [4.69, 9.17) is 34.8 Å². The van der Waals surface area contributed by atoms with Gasteiger partial charge in [-0.2, -0.15) is 13.8 Å². The topological polar surface area (TPSA) is 38.9 Å². The molecule has 1 aromatic heterocycles. The van der Waals surface area contributed by atoms with E-state index in [1.165, 1.54) is 0 Å². The molecule has 0 unspecified atom stereocenters. The van der Waals surface area contributed by atoms with Crippen molar-refractivity contribution >= 4 is 47.4 Å². The van der Waals surface area contributed by atoms with E-state index in [9.17, 15) is 8.78 Å². The van der Waals surface area contributed by atoms with Crippen LogP contribution in [0.1, 0.15) is 5.89 Å². The molecule has 124 valence electrons. The molecule has 0 atom stereocenters. The van der Waals surface area contributed by atoms with Gasteiger partial charge in [-0.15, -0.1) is 12.6 Å². The summed E-state index contributed by atoms with van der Waals surface area (Å²) in [5.41, 5.74) is 1.95. The molecule has 0 saturated carbocycles. The van der Waals surface area contributed by atoms with E-state index in [2.05, 4.69) is 27.3 Å². The van der Waals surface area contributed by atoms with Gasteiger partial charge in [0.1, 0.15) is 0 Å². The van der Waals surface area contributed by atoms with E-state index >= 15 is 0 Å². The summed E-state index contributed by atoms with van der Waals surface area (Å²) in [4.78, 5) is 4.09. The van der Waals surface area contributed by atoms with Crippen LogP contribution in [-0.2, 0) is 5.38 Å². The molecule has 0 radical (unpaired) electrons. The average molecular weight is 408 g/mol. The minimum absolute atomic E-state index is 0.00446. The molecule has 0 saturated heterocycles. The summed E-state index contributed by atoms with van der Waals surface area (Å²) >= 11 is 21.2. The van der Waals surface area contributed by atoms with Crippen molar-refractivity contribution in [3.63, 3.8) is 0 Å².